The minimum atomic E-state index is -0.454. The van der Waals surface area contributed by atoms with Crippen molar-refractivity contribution in [3.8, 4) is 0 Å². The van der Waals surface area contributed by atoms with E-state index in [1.807, 2.05) is 0 Å². The molecule has 0 aromatic heterocycles. The van der Waals surface area contributed by atoms with Gasteiger partial charge in [0.1, 0.15) is 11.7 Å². The molecule has 3 nitrogen and oxygen atoms in total. The summed E-state index contributed by atoms with van der Waals surface area (Å²) in [5, 5.41) is 0. The number of rotatable bonds is 2. The Morgan fingerprint density at radius 3 is 2.90 bits per heavy atom. The number of carbonyl (C=O) groups excluding carboxylic acids is 2. The van der Waals surface area contributed by atoms with Crippen LogP contribution in [0.15, 0.2) is 0 Å². The Hall–Kier alpha value is -0.860. The highest BCUT2D eigenvalue weighted by molar-refractivity contribution is 5.99. The van der Waals surface area contributed by atoms with Crippen LogP contribution in [-0.4, -0.2) is 18.4 Å². The Labute approximate surface area is 59.4 Å². The first-order chi connectivity index (χ1) is 4.75. The van der Waals surface area contributed by atoms with Gasteiger partial charge in [0.15, 0.2) is 0 Å². The molecule has 56 valence electrons. The summed E-state index contributed by atoms with van der Waals surface area (Å²) in [7, 11) is 0. The van der Waals surface area contributed by atoms with E-state index in [-0.39, 0.29) is 11.8 Å². The van der Waals surface area contributed by atoms with E-state index in [4.69, 9.17) is 0 Å². The topological polar surface area (TPSA) is 43.4 Å². The van der Waals surface area contributed by atoms with Crippen LogP contribution in [0, 0.1) is 5.92 Å². The Kier molecular flexibility index (Phi) is 2.04. The van der Waals surface area contributed by atoms with Crippen LogP contribution in [0.3, 0.4) is 0 Å². The summed E-state index contributed by atoms with van der Waals surface area (Å²) < 4.78 is 4.63. The minimum Gasteiger partial charge on any atom is -0.465 e. The zero-order valence-electron chi connectivity index (χ0n) is 5.92. The lowest BCUT2D eigenvalue weighted by atomic mass is 10.0. The molecule has 0 aliphatic carbocycles. The zero-order chi connectivity index (χ0) is 7.56. The fourth-order valence-electron chi connectivity index (χ4n) is 1.03. The van der Waals surface area contributed by atoms with Crippen molar-refractivity contribution in [2.24, 2.45) is 5.92 Å². The molecule has 1 atom stereocenters. The first-order valence-corrected chi connectivity index (χ1v) is 3.45. The van der Waals surface area contributed by atoms with E-state index in [0.717, 1.165) is 0 Å². The fraction of sp³-hybridized carbons (Fsp3) is 0.714. The van der Waals surface area contributed by atoms with Gasteiger partial charge < -0.3 is 4.74 Å². The van der Waals surface area contributed by atoms with Crippen LogP contribution in [0.25, 0.3) is 0 Å². The van der Waals surface area contributed by atoms with Gasteiger partial charge in [-0.15, -0.1) is 0 Å². The summed E-state index contributed by atoms with van der Waals surface area (Å²) in [4.78, 5) is 21.7. The minimum absolute atomic E-state index is 0.00231. The van der Waals surface area contributed by atoms with Gasteiger partial charge in [0.25, 0.3) is 0 Å². The molecule has 0 aromatic rings. The van der Waals surface area contributed by atoms with Gasteiger partial charge in [-0.25, -0.2) is 0 Å². The normalized spacial score (nSPS) is 24.5. The van der Waals surface area contributed by atoms with Crippen molar-refractivity contribution in [1.29, 1.82) is 0 Å². The van der Waals surface area contributed by atoms with Crippen molar-refractivity contribution in [2.75, 3.05) is 6.61 Å². The molecule has 0 amide bonds. The lowest BCUT2D eigenvalue weighted by Gasteiger charge is -1.99. The highest BCUT2D eigenvalue weighted by atomic mass is 16.5. The second kappa shape index (κ2) is 2.82. The number of Topliss-reactive ketones (excluding diaryl/α,β-unsaturated/α-hetero) is 1. The highest BCUT2D eigenvalue weighted by Crippen LogP contribution is 2.16. The fourth-order valence-corrected chi connectivity index (χ4v) is 1.03. The molecular formula is C7H10O3. The van der Waals surface area contributed by atoms with E-state index in [1.54, 1.807) is 6.92 Å². The molecule has 1 fully saturated rings. The largest absolute Gasteiger partial charge is 0.465 e. The third-order valence-electron chi connectivity index (χ3n) is 1.67. The number of cyclic esters (lactones) is 1. The molecule has 0 bridgehead atoms. The third-order valence-corrected chi connectivity index (χ3v) is 1.67. The molecule has 3 heteroatoms. The van der Waals surface area contributed by atoms with E-state index in [9.17, 15) is 9.59 Å². The Morgan fingerprint density at radius 1 is 1.80 bits per heavy atom. The van der Waals surface area contributed by atoms with Gasteiger partial charge in [-0.1, -0.05) is 6.92 Å². The molecule has 0 radical (unpaired) electrons. The van der Waals surface area contributed by atoms with Crippen molar-refractivity contribution in [3.05, 3.63) is 0 Å². The van der Waals surface area contributed by atoms with Gasteiger partial charge in [-0.3, -0.25) is 9.59 Å². The van der Waals surface area contributed by atoms with Gasteiger partial charge in [-0.2, -0.15) is 0 Å². The van der Waals surface area contributed by atoms with Crippen LogP contribution in [0.2, 0.25) is 0 Å². The Morgan fingerprint density at radius 2 is 2.50 bits per heavy atom. The maximum absolute atomic E-state index is 10.9. The smallest absolute Gasteiger partial charge is 0.316 e. The number of hydrogen-bond acceptors (Lipinski definition) is 3. The number of ketones is 1. The molecule has 1 saturated heterocycles. The van der Waals surface area contributed by atoms with Crippen molar-refractivity contribution < 1.29 is 14.3 Å². The maximum Gasteiger partial charge on any atom is 0.316 e. The van der Waals surface area contributed by atoms with Gasteiger partial charge >= 0.3 is 5.97 Å². The predicted molar refractivity (Wildman–Crippen MR) is 34.4 cm³/mol. The molecule has 0 spiro atoms. The Bertz CT molecular complexity index is 162. The molecule has 1 rings (SSSR count). The lowest BCUT2D eigenvalue weighted by molar-refractivity contribution is -0.144. The van der Waals surface area contributed by atoms with Crippen LogP contribution >= 0.6 is 0 Å². The van der Waals surface area contributed by atoms with Crippen molar-refractivity contribution >= 4 is 11.8 Å². The highest BCUT2D eigenvalue weighted by Gasteiger charge is 2.31. The predicted octanol–water partition coefficient (Wildman–Crippen LogP) is 0.529. The third kappa shape index (κ3) is 1.17. The van der Waals surface area contributed by atoms with E-state index in [1.165, 1.54) is 0 Å². The Balaban J connectivity index is 2.55. The number of hydrogen-bond donors (Lipinski definition) is 0. The molecule has 1 heterocycles. The number of ether oxygens (including phenoxy) is 1. The molecule has 1 aliphatic heterocycles. The van der Waals surface area contributed by atoms with Gasteiger partial charge in [0, 0.05) is 12.8 Å². The van der Waals surface area contributed by atoms with E-state index < -0.39 is 5.92 Å². The standard InChI is InChI=1S/C7H10O3/c1-2-6(8)5-3-4-10-7(5)9/h5H,2-4H2,1H3/t5-/m0/s1. The second-order valence-electron chi connectivity index (χ2n) is 2.33. The van der Waals surface area contributed by atoms with Crippen LogP contribution in [0.1, 0.15) is 19.8 Å². The number of carbonyl (C=O) groups is 2. The molecule has 0 saturated carbocycles. The lowest BCUT2D eigenvalue weighted by Crippen LogP contribution is -2.17. The molecule has 0 unspecified atom stereocenters. The van der Waals surface area contributed by atoms with Crippen molar-refractivity contribution in [2.45, 2.75) is 19.8 Å². The van der Waals surface area contributed by atoms with Gasteiger partial charge in [0.2, 0.25) is 0 Å². The monoisotopic (exact) mass is 142 g/mol. The summed E-state index contributed by atoms with van der Waals surface area (Å²) in [6.07, 6.45) is 1.01. The molecule has 1 aliphatic rings. The molecular weight excluding hydrogens is 132 g/mol. The first-order valence-electron chi connectivity index (χ1n) is 3.45. The first kappa shape index (κ1) is 7.25. The molecule has 0 aromatic carbocycles. The number of esters is 1. The summed E-state index contributed by atoms with van der Waals surface area (Å²) in [5.74, 6) is -0.792. The van der Waals surface area contributed by atoms with Crippen molar-refractivity contribution in [1.82, 2.24) is 0 Å². The quantitative estimate of drug-likeness (QED) is 0.417. The van der Waals surface area contributed by atoms with Gasteiger partial charge in [0.05, 0.1) is 6.61 Å². The van der Waals surface area contributed by atoms with Crippen LogP contribution in [0.4, 0.5) is 0 Å². The van der Waals surface area contributed by atoms with Crippen LogP contribution in [0.5, 0.6) is 0 Å². The average Bonchev–Trinajstić information content (AvgIpc) is 2.34. The molecule has 10 heavy (non-hydrogen) atoms. The zero-order valence-corrected chi connectivity index (χ0v) is 5.92. The summed E-state index contributed by atoms with van der Waals surface area (Å²) >= 11 is 0. The summed E-state index contributed by atoms with van der Waals surface area (Å²) in [5.41, 5.74) is 0. The van der Waals surface area contributed by atoms with Crippen LogP contribution < -0.4 is 0 Å². The van der Waals surface area contributed by atoms with Crippen LogP contribution in [-0.2, 0) is 14.3 Å². The van der Waals surface area contributed by atoms with E-state index in [2.05, 4.69) is 4.74 Å². The maximum atomic E-state index is 10.9. The van der Waals surface area contributed by atoms with E-state index in [0.29, 0.717) is 19.4 Å². The van der Waals surface area contributed by atoms with Gasteiger partial charge in [-0.05, 0) is 0 Å². The van der Waals surface area contributed by atoms with E-state index >= 15 is 0 Å². The summed E-state index contributed by atoms with van der Waals surface area (Å²) in [6, 6.07) is 0. The summed E-state index contributed by atoms with van der Waals surface area (Å²) in [6.45, 7) is 2.17. The average molecular weight is 142 g/mol. The van der Waals surface area contributed by atoms with Crippen molar-refractivity contribution in [3.63, 3.8) is 0 Å². The SMILES string of the molecule is CCC(=O)[C@@H]1CCOC1=O. The molecule has 0 N–H and O–H groups in total. The second-order valence-corrected chi connectivity index (χ2v) is 2.33.